The number of imidazole rings is 1. The van der Waals surface area contributed by atoms with Gasteiger partial charge in [0, 0.05) is 44.2 Å². The van der Waals surface area contributed by atoms with Gasteiger partial charge in [-0.2, -0.15) is 5.10 Å². The summed E-state index contributed by atoms with van der Waals surface area (Å²) in [6.45, 7) is 2.99. The maximum Gasteiger partial charge on any atom is 0.219 e. The number of hydrogen-bond donors (Lipinski definition) is 2. The molecule has 8 nitrogen and oxygen atoms in total. The monoisotopic (exact) mass is 369 g/mol. The molecule has 2 aromatic heterocycles. The zero-order chi connectivity index (χ0) is 19.2. The average molecular weight is 369 g/mol. The second kappa shape index (κ2) is 8.39. The lowest BCUT2D eigenvalue weighted by atomic mass is 10.2. The van der Waals surface area contributed by atoms with Gasteiger partial charge in [-0.05, 0) is 31.5 Å². The molecule has 0 fully saturated rings. The number of aryl methyl sites for hydroxylation is 1. The summed E-state index contributed by atoms with van der Waals surface area (Å²) in [5, 5.41) is 16.9. The largest absolute Gasteiger partial charge is 0.504 e. The number of aromatic hydroxyl groups is 1. The molecule has 1 aromatic carbocycles. The molecule has 2 N–H and O–H groups in total. The van der Waals surface area contributed by atoms with Crippen LogP contribution in [-0.4, -0.2) is 44.0 Å². The summed E-state index contributed by atoms with van der Waals surface area (Å²) in [6.07, 6.45) is 8.43. The minimum Gasteiger partial charge on any atom is -0.504 e. The molecule has 1 amide bonds. The molecule has 0 saturated heterocycles. The van der Waals surface area contributed by atoms with Crippen LogP contribution in [0, 0.1) is 0 Å². The number of hydrogen-bond acceptors (Lipinski definition) is 5. The van der Waals surface area contributed by atoms with Gasteiger partial charge >= 0.3 is 0 Å². The summed E-state index contributed by atoms with van der Waals surface area (Å²) in [6, 6.07) is 5.16. The standard InChI is InChI=1S/C19H23N5O3/c1-3-27-17-11-14(6-7-16(17)25)19-21-8-10-24(19)15-12-22-23(13-15)9-4-5-18(26)20-2/h6-8,10-13,25H,3-5,9H2,1-2H3,(H,20,26). The molecule has 3 rings (SSSR count). The van der Waals surface area contributed by atoms with E-state index in [4.69, 9.17) is 4.74 Å². The molecule has 2 heterocycles. The molecular weight excluding hydrogens is 346 g/mol. The van der Waals surface area contributed by atoms with Gasteiger partial charge in [0.25, 0.3) is 0 Å². The highest BCUT2D eigenvalue weighted by molar-refractivity contribution is 5.75. The number of rotatable bonds is 8. The number of carbonyl (C=O) groups excluding carboxylic acids is 1. The normalized spacial score (nSPS) is 10.7. The van der Waals surface area contributed by atoms with Crippen LogP contribution in [0.1, 0.15) is 19.8 Å². The maximum absolute atomic E-state index is 11.3. The van der Waals surface area contributed by atoms with Crippen molar-refractivity contribution >= 4 is 5.91 Å². The first-order chi connectivity index (χ1) is 13.1. The minimum absolute atomic E-state index is 0.0247. The third kappa shape index (κ3) is 4.28. The summed E-state index contributed by atoms with van der Waals surface area (Å²) in [5.74, 6) is 1.27. The van der Waals surface area contributed by atoms with Gasteiger partial charge in [0.1, 0.15) is 5.82 Å². The van der Waals surface area contributed by atoms with E-state index in [9.17, 15) is 9.90 Å². The first-order valence-corrected chi connectivity index (χ1v) is 8.85. The topological polar surface area (TPSA) is 94.2 Å². The van der Waals surface area contributed by atoms with E-state index in [0.29, 0.717) is 31.7 Å². The second-order valence-electron chi connectivity index (χ2n) is 5.97. The van der Waals surface area contributed by atoms with Crippen LogP contribution in [0.3, 0.4) is 0 Å². The van der Waals surface area contributed by atoms with Crippen molar-refractivity contribution in [2.75, 3.05) is 13.7 Å². The van der Waals surface area contributed by atoms with Crippen molar-refractivity contribution in [3.8, 4) is 28.6 Å². The highest BCUT2D eigenvalue weighted by atomic mass is 16.5. The Morgan fingerprint density at radius 2 is 2.22 bits per heavy atom. The average Bonchev–Trinajstić information content (AvgIpc) is 3.32. The van der Waals surface area contributed by atoms with Gasteiger partial charge in [0.05, 0.1) is 18.5 Å². The van der Waals surface area contributed by atoms with Crippen molar-refractivity contribution in [2.45, 2.75) is 26.3 Å². The van der Waals surface area contributed by atoms with Gasteiger partial charge in [-0.15, -0.1) is 0 Å². The van der Waals surface area contributed by atoms with Gasteiger partial charge in [0.15, 0.2) is 11.5 Å². The van der Waals surface area contributed by atoms with Crippen molar-refractivity contribution in [1.82, 2.24) is 24.6 Å². The molecule has 0 aliphatic carbocycles. The lowest BCUT2D eigenvalue weighted by Crippen LogP contribution is -2.17. The van der Waals surface area contributed by atoms with Crippen molar-refractivity contribution in [1.29, 1.82) is 0 Å². The van der Waals surface area contributed by atoms with Crippen LogP contribution in [0.2, 0.25) is 0 Å². The fourth-order valence-electron chi connectivity index (χ4n) is 2.78. The van der Waals surface area contributed by atoms with E-state index in [1.165, 1.54) is 0 Å². The number of amides is 1. The smallest absolute Gasteiger partial charge is 0.219 e. The van der Waals surface area contributed by atoms with Gasteiger partial charge in [-0.25, -0.2) is 4.98 Å². The van der Waals surface area contributed by atoms with Crippen molar-refractivity contribution in [3.63, 3.8) is 0 Å². The lowest BCUT2D eigenvalue weighted by Gasteiger charge is -2.09. The molecular formula is C19H23N5O3. The van der Waals surface area contributed by atoms with E-state index in [0.717, 1.165) is 17.1 Å². The highest BCUT2D eigenvalue weighted by Gasteiger charge is 2.12. The van der Waals surface area contributed by atoms with E-state index >= 15 is 0 Å². The fourth-order valence-corrected chi connectivity index (χ4v) is 2.78. The minimum atomic E-state index is 0.0247. The van der Waals surface area contributed by atoms with E-state index in [2.05, 4.69) is 15.4 Å². The van der Waals surface area contributed by atoms with Crippen molar-refractivity contribution in [3.05, 3.63) is 43.0 Å². The third-order valence-corrected chi connectivity index (χ3v) is 4.13. The Morgan fingerprint density at radius 1 is 1.37 bits per heavy atom. The summed E-state index contributed by atoms with van der Waals surface area (Å²) in [5.41, 5.74) is 1.70. The molecule has 27 heavy (non-hydrogen) atoms. The zero-order valence-corrected chi connectivity index (χ0v) is 15.4. The number of phenols is 1. The number of aromatic nitrogens is 4. The van der Waals surface area contributed by atoms with Crippen LogP contribution in [0.25, 0.3) is 17.1 Å². The molecule has 3 aromatic rings. The molecule has 0 saturated carbocycles. The van der Waals surface area contributed by atoms with Crippen LogP contribution in [0.15, 0.2) is 43.0 Å². The van der Waals surface area contributed by atoms with Crippen LogP contribution >= 0.6 is 0 Å². The van der Waals surface area contributed by atoms with Crippen LogP contribution in [-0.2, 0) is 11.3 Å². The molecule has 0 spiro atoms. The Hall–Kier alpha value is -3.29. The van der Waals surface area contributed by atoms with Gasteiger partial charge in [-0.1, -0.05) is 0 Å². The summed E-state index contributed by atoms with van der Waals surface area (Å²) < 4.78 is 9.19. The molecule has 142 valence electrons. The Labute approximate surface area is 157 Å². The number of nitrogens with zero attached hydrogens (tertiary/aromatic N) is 4. The molecule has 8 heteroatoms. The van der Waals surface area contributed by atoms with E-state index in [1.807, 2.05) is 28.6 Å². The Bertz CT molecular complexity index is 916. The predicted octanol–water partition coefficient (Wildman–Crippen LogP) is 2.37. The second-order valence-corrected chi connectivity index (χ2v) is 5.97. The molecule has 0 bridgehead atoms. The SMILES string of the molecule is CCOc1cc(-c2nccn2-c2cnn(CCCC(=O)NC)c2)ccc1O. The number of phenolic OH excluding ortho intramolecular Hbond substituents is 1. The Kier molecular flexibility index (Phi) is 5.75. The Morgan fingerprint density at radius 3 is 3.00 bits per heavy atom. The summed E-state index contributed by atoms with van der Waals surface area (Å²) >= 11 is 0. The van der Waals surface area contributed by atoms with Crippen molar-refractivity contribution in [2.24, 2.45) is 0 Å². The molecule has 0 aliphatic rings. The lowest BCUT2D eigenvalue weighted by molar-refractivity contribution is -0.120. The molecule has 0 atom stereocenters. The van der Waals surface area contributed by atoms with Crippen molar-refractivity contribution < 1.29 is 14.6 Å². The summed E-state index contributed by atoms with van der Waals surface area (Å²) in [4.78, 5) is 15.7. The van der Waals surface area contributed by atoms with Crippen LogP contribution < -0.4 is 10.1 Å². The number of carbonyl (C=O) groups is 1. The summed E-state index contributed by atoms with van der Waals surface area (Å²) in [7, 11) is 1.63. The quantitative estimate of drug-likeness (QED) is 0.636. The third-order valence-electron chi connectivity index (χ3n) is 4.13. The zero-order valence-electron chi connectivity index (χ0n) is 15.4. The number of ether oxygens (including phenoxy) is 1. The molecule has 0 radical (unpaired) electrons. The van der Waals surface area contributed by atoms with Gasteiger partial charge < -0.3 is 15.2 Å². The maximum atomic E-state index is 11.3. The number of benzene rings is 1. The van der Waals surface area contributed by atoms with Crippen LogP contribution in [0.4, 0.5) is 0 Å². The van der Waals surface area contributed by atoms with E-state index in [1.54, 1.807) is 37.6 Å². The Balaban J connectivity index is 1.79. The van der Waals surface area contributed by atoms with Crippen LogP contribution in [0.5, 0.6) is 11.5 Å². The van der Waals surface area contributed by atoms with Gasteiger partial charge in [0.2, 0.25) is 5.91 Å². The number of nitrogens with one attached hydrogen (secondary N) is 1. The van der Waals surface area contributed by atoms with Gasteiger partial charge in [-0.3, -0.25) is 14.0 Å². The highest BCUT2D eigenvalue weighted by Crippen LogP contribution is 2.31. The van der Waals surface area contributed by atoms with E-state index in [-0.39, 0.29) is 11.7 Å². The molecule has 0 unspecified atom stereocenters. The predicted molar refractivity (Wildman–Crippen MR) is 101 cm³/mol. The molecule has 0 aliphatic heterocycles. The van der Waals surface area contributed by atoms with E-state index < -0.39 is 0 Å². The fraction of sp³-hybridized carbons (Fsp3) is 0.316. The first-order valence-electron chi connectivity index (χ1n) is 8.85. The first kappa shape index (κ1) is 18.5.